The zero-order chi connectivity index (χ0) is 15.4. The van der Waals surface area contributed by atoms with Crippen molar-refractivity contribution in [2.75, 3.05) is 5.32 Å². The summed E-state index contributed by atoms with van der Waals surface area (Å²) >= 11 is 0. The molecule has 0 aliphatic carbocycles. The van der Waals surface area contributed by atoms with Gasteiger partial charge in [0.25, 0.3) is 0 Å². The average molecular weight is 290 g/mol. The van der Waals surface area contributed by atoms with Crippen molar-refractivity contribution in [3.8, 4) is 11.1 Å². The van der Waals surface area contributed by atoms with Crippen molar-refractivity contribution >= 4 is 17.3 Å². The van der Waals surface area contributed by atoms with Crippen molar-refractivity contribution in [1.29, 1.82) is 0 Å². The first-order valence-corrected chi connectivity index (χ1v) is 6.83. The van der Waals surface area contributed by atoms with E-state index in [1.54, 1.807) is 24.4 Å². The monoisotopic (exact) mass is 290 g/mol. The minimum absolute atomic E-state index is 0.261. The van der Waals surface area contributed by atoms with E-state index >= 15 is 0 Å². The second-order valence-corrected chi connectivity index (χ2v) is 4.83. The highest BCUT2D eigenvalue weighted by Gasteiger charge is 2.03. The van der Waals surface area contributed by atoms with Crippen LogP contribution in [-0.4, -0.2) is 16.1 Å². The lowest BCUT2D eigenvalue weighted by Gasteiger charge is -2.08. The van der Waals surface area contributed by atoms with E-state index in [2.05, 4.69) is 10.3 Å². The summed E-state index contributed by atoms with van der Waals surface area (Å²) in [7, 11) is 0. The maximum Gasteiger partial charge on any atom is 0.335 e. The number of carbonyl (C=O) groups is 1. The third kappa shape index (κ3) is 3.12. The smallest absolute Gasteiger partial charge is 0.335 e. The summed E-state index contributed by atoms with van der Waals surface area (Å²) < 4.78 is 0. The molecule has 0 aliphatic rings. The molecule has 2 aromatic carbocycles. The number of aromatic carboxylic acids is 1. The van der Waals surface area contributed by atoms with E-state index in [1.165, 1.54) is 0 Å². The average Bonchev–Trinajstić information content (AvgIpc) is 2.56. The summed E-state index contributed by atoms with van der Waals surface area (Å²) in [5.41, 5.74) is 4.04. The molecule has 0 saturated carbocycles. The van der Waals surface area contributed by atoms with E-state index < -0.39 is 5.97 Å². The maximum atomic E-state index is 11.0. The van der Waals surface area contributed by atoms with Crippen LogP contribution in [0.25, 0.3) is 11.1 Å². The Morgan fingerprint density at radius 3 is 2.41 bits per heavy atom. The fraction of sp³-hybridized carbons (Fsp3) is 0. The molecule has 3 aromatic rings. The number of aromatic nitrogens is 1. The molecule has 4 heteroatoms. The largest absolute Gasteiger partial charge is 0.478 e. The third-order valence-electron chi connectivity index (χ3n) is 3.28. The molecule has 0 fully saturated rings. The minimum atomic E-state index is -0.935. The Kier molecular flexibility index (Phi) is 3.83. The van der Waals surface area contributed by atoms with Gasteiger partial charge in [-0.3, -0.25) is 4.98 Å². The zero-order valence-corrected chi connectivity index (χ0v) is 11.7. The van der Waals surface area contributed by atoms with Gasteiger partial charge in [-0.15, -0.1) is 0 Å². The van der Waals surface area contributed by atoms with Crippen LogP contribution in [0.3, 0.4) is 0 Å². The van der Waals surface area contributed by atoms with Crippen LogP contribution >= 0.6 is 0 Å². The predicted octanol–water partition coefficient (Wildman–Crippen LogP) is 4.19. The second kappa shape index (κ2) is 6.10. The highest BCUT2D eigenvalue weighted by Crippen LogP contribution is 2.23. The summed E-state index contributed by atoms with van der Waals surface area (Å²) in [6, 6.07) is 18.5. The van der Waals surface area contributed by atoms with Crippen LogP contribution < -0.4 is 5.32 Å². The third-order valence-corrected chi connectivity index (χ3v) is 3.28. The summed E-state index contributed by atoms with van der Waals surface area (Å²) in [5, 5.41) is 12.2. The first kappa shape index (κ1) is 13.8. The molecule has 0 saturated heterocycles. The van der Waals surface area contributed by atoms with Gasteiger partial charge in [-0.1, -0.05) is 24.3 Å². The van der Waals surface area contributed by atoms with E-state index in [1.807, 2.05) is 48.7 Å². The van der Waals surface area contributed by atoms with Crippen molar-refractivity contribution in [1.82, 2.24) is 4.98 Å². The first-order valence-electron chi connectivity index (χ1n) is 6.83. The van der Waals surface area contributed by atoms with Crippen molar-refractivity contribution in [3.05, 3.63) is 78.6 Å². The fourth-order valence-electron chi connectivity index (χ4n) is 2.18. The van der Waals surface area contributed by atoms with E-state index in [0.29, 0.717) is 0 Å². The molecule has 22 heavy (non-hydrogen) atoms. The van der Waals surface area contributed by atoms with Crippen LogP contribution in [0.1, 0.15) is 10.4 Å². The minimum Gasteiger partial charge on any atom is -0.478 e. The number of nitrogens with one attached hydrogen (secondary N) is 1. The van der Waals surface area contributed by atoms with E-state index in [-0.39, 0.29) is 5.56 Å². The quantitative estimate of drug-likeness (QED) is 0.756. The molecule has 0 amide bonds. The topological polar surface area (TPSA) is 62.2 Å². The van der Waals surface area contributed by atoms with Gasteiger partial charge in [-0.2, -0.15) is 0 Å². The van der Waals surface area contributed by atoms with E-state index in [0.717, 1.165) is 22.5 Å². The molecule has 1 heterocycles. The van der Waals surface area contributed by atoms with Gasteiger partial charge >= 0.3 is 5.97 Å². The van der Waals surface area contributed by atoms with Crippen LogP contribution in [0, 0.1) is 0 Å². The van der Waals surface area contributed by atoms with Crippen LogP contribution in [0.2, 0.25) is 0 Å². The number of carboxylic acids is 1. The summed E-state index contributed by atoms with van der Waals surface area (Å²) in [6.45, 7) is 0. The summed E-state index contributed by atoms with van der Waals surface area (Å²) in [5.74, 6) is -0.935. The van der Waals surface area contributed by atoms with Gasteiger partial charge in [-0.05, 0) is 47.5 Å². The maximum absolute atomic E-state index is 11.0. The normalized spacial score (nSPS) is 10.2. The van der Waals surface area contributed by atoms with Crippen LogP contribution in [0.5, 0.6) is 0 Å². The molecule has 0 atom stereocenters. The van der Waals surface area contributed by atoms with Crippen molar-refractivity contribution in [2.45, 2.75) is 0 Å². The molecule has 0 bridgehead atoms. The number of carboxylic acid groups (broad SMARTS) is 1. The fourth-order valence-corrected chi connectivity index (χ4v) is 2.18. The van der Waals surface area contributed by atoms with Crippen molar-refractivity contribution in [2.24, 2.45) is 0 Å². The Bertz CT molecular complexity index is 784. The Morgan fingerprint density at radius 2 is 1.73 bits per heavy atom. The van der Waals surface area contributed by atoms with Crippen molar-refractivity contribution in [3.63, 3.8) is 0 Å². The molecule has 3 rings (SSSR count). The van der Waals surface area contributed by atoms with E-state index in [9.17, 15) is 4.79 Å². The molecule has 0 radical (unpaired) electrons. The Balaban J connectivity index is 1.79. The number of hydrogen-bond donors (Lipinski definition) is 2. The lowest BCUT2D eigenvalue weighted by molar-refractivity contribution is 0.0697. The molecule has 0 aliphatic heterocycles. The van der Waals surface area contributed by atoms with Crippen LogP contribution in [0.4, 0.5) is 11.4 Å². The van der Waals surface area contributed by atoms with Gasteiger partial charge in [0.05, 0.1) is 5.56 Å². The lowest BCUT2D eigenvalue weighted by Crippen LogP contribution is -1.97. The van der Waals surface area contributed by atoms with Gasteiger partial charge in [0, 0.05) is 23.8 Å². The summed E-state index contributed by atoms with van der Waals surface area (Å²) in [4.78, 5) is 15.1. The number of nitrogens with zero attached hydrogens (tertiary/aromatic N) is 1. The van der Waals surface area contributed by atoms with Crippen LogP contribution in [0.15, 0.2) is 73.1 Å². The molecular formula is C18H14N2O2. The molecular weight excluding hydrogens is 276 g/mol. The molecule has 2 N–H and O–H groups in total. The van der Waals surface area contributed by atoms with Gasteiger partial charge < -0.3 is 10.4 Å². The van der Waals surface area contributed by atoms with Gasteiger partial charge in [0.1, 0.15) is 0 Å². The standard InChI is InChI=1S/C18H14N2O2/c21-18(22)14-3-1-5-17(11-14)20-16-8-6-13(7-9-16)15-4-2-10-19-12-15/h1-12,20H,(H,21,22). The van der Waals surface area contributed by atoms with Crippen LogP contribution in [-0.2, 0) is 0 Å². The first-order chi connectivity index (χ1) is 10.7. The zero-order valence-electron chi connectivity index (χ0n) is 11.7. The number of anilines is 2. The predicted molar refractivity (Wildman–Crippen MR) is 86.4 cm³/mol. The Labute approximate surface area is 128 Å². The highest BCUT2D eigenvalue weighted by atomic mass is 16.4. The van der Waals surface area contributed by atoms with Gasteiger partial charge in [0.15, 0.2) is 0 Å². The van der Waals surface area contributed by atoms with Crippen molar-refractivity contribution < 1.29 is 9.90 Å². The Hall–Kier alpha value is -3.14. The van der Waals surface area contributed by atoms with Gasteiger partial charge in [0.2, 0.25) is 0 Å². The number of pyridine rings is 1. The van der Waals surface area contributed by atoms with Gasteiger partial charge in [-0.25, -0.2) is 4.79 Å². The van der Waals surface area contributed by atoms with E-state index in [4.69, 9.17) is 5.11 Å². The molecule has 4 nitrogen and oxygen atoms in total. The lowest BCUT2D eigenvalue weighted by atomic mass is 10.1. The summed E-state index contributed by atoms with van der Waals surface area (Å²) in [6.07, 6.45) is 3.56. The highest BCUT2D eigenvalue weighted by molar-refractivity contribution is 5.89. The molecule has 108 valence electrons. The SMILES string of the molecule is O=C(O)c1cccc(Nc2ccc(-c3cccnc3)cc2)c1. The molecule has 0 unspecified atom stereocenters. The number of rotatable bonds is 4. The Morgan fingerprint density at radius 1 is 0.909 bits per heavy atom. The second-order valence-electron chi connectivity index (χ2n) is 4.83. The number of benzene rings is 2. The molecule has 0 spiro atoms. The number of hydrogen-bond acceptors (Lipinski definition) is 3. The molecule has 1 aromatic heterocycles.